The number of amides is 2. The van der Waals surface area contributed by atoms with Crippen molar-refractivity contribution in [2.24, 2.45) is 29.4 Å². The van der Waals surface area contributed by atoms with Gasteiger partial charge in [-0.25, -0.2) is 9.18 Å². The number of cyclic esters (lactones) is 1. The van der Waals surface area contributed by atoms with Crippen LogP contribution in [0, 0.1) is 23.7 Å². The Morgan fingerprint density at radius 1 is 1.07 bits per heavy atom. The largest absolute Gasteiger partial charge is 0.434 e. The number of nitrogens with zero attached hydrogens (tertiary/aromatic N) is 2. The summed E-state index contributed by atoms with van der Waals surface area (Å²) in [4.78, 5) is 42.2. The SMILES string of the molecule is CC1(C)OC(=O)c2cc3cc(NC(=O)[C@@H]4[C@H](C5CCCCC5)CCN4C(=O)C4CCC(C(N)CF)CC4)ccc3n21. The van der Waals surface area contributed by atoms with Gasteiger partial charge in [0.2, 0.25) is 11.8 Å². The fourth-order valence-corrected chi connectivity index (χ4v) is 8.17. The lowest BCUT2D eigenvalue weighted by Gasteiger charge is -2.36. The number of fused-ring (bicyclic) bond motifs is 3. The maximum Gasteiger partial charge on any atom is 0.357 e. The van der Waals surface area contributed by atoms with Gasteiger partial charge in [-0.1, -0.05) is 32.1 Å². The molecule has 3 N–H and O–H groups in total. The van der Waals surface area contributed by atoms with E-state index in [1.54, 1.807) is 0 Å². The Morgan fingerprint density at radius 3 is 2.51 bits per heavy atom. The summed E-state index contributed by atoms with van der Waals surface area (Å²) in [6.07, 6.45) is 9.56. The number of likely N-dealkylation sites (tertiary alicyclic amines) is 1. The summed E-state index contributed by atoms with van der Waals surface area (Å²) in [5, 5.41) is 4.00. The second kappa shape index (κ2) is 11.0. The van der Waals surface area contributed by atoms with Crippen LogP contribution < -0.4 is 11.1 Å². The van der Waals surface area contributed by atoms with E-state index >= 15 is 0 Å². The molecule has 2 saturated carbocycles. The van der Waals surface area contributed by atoms with Gasteiger partial charge in [-0.15, -0.1) is 0 Å². The Labute approximate surface area is 241 Å². The molecule has 1 saturated heterocycles. The third-order valence-electron chi connectivity index (χ3n) is 10.3. The molecule has 8 nitrogen and oxygen atoms in total. The van der Waals surface area contributed by atoms with Gasteiger partial charge in [-0.05, 0) is 88.0 Å². The maximum atomic E-state index is 14.0. The van der Waals surface area contributed by atoms with Gasteiger partial charge in [0.1, 0.15) is 18.4 Å². The van der Waals surface area contributed by atoms with Gasteiger partial charge in [-0.3, -0.25) is 14.2 Å². The molecule has 2 aliphatic carbocycles. The number of anilines is 1. The molecule has 0 bridgehead atoms. The van der Waals surface area contributed by atoms with E-state index in [9.17, 15) is 18.8 Å². The number of hydrogen-bond acceptors (Lipinski definition) is 5. The minimum Gasteiger partial charge on any atom is -0.434 e. The molecule has 3 atom stereocenters. The van der Waals surface area contributed by atoms with E-state index in [0.717, 1.165) is 43.0 Å². The number of esters is 1. The Morgan fingerprint density at radius 2 is 1.80 bits per heavy atom. The lowest BCUT2D eigenvalue weighted by atomic mass is 9.76. The van der Waals surface area contributed by atoms with Gasteiger partial charge in [0.15, 0.2) is 5.72 Å². The molecule has 222 valence electrons. The fraction of sp³-hybridized carbons (Fsp3) is 0.656. The van der Waals surface area contributed by atoms with Crippen LogP contribution in [0.5, 0.6) is 0 Å². The number of nitrogens with one attached hydrogen (secondary N) is 1. The summed E-state index contributed by atoms with van der Waals surface area (Å²) < 4.78 is 20.5. The summed E-state index contributed by atoms with van der Waals surface area (Å²) >= 11 is 0. The first-order valence-electron chi connectivity index (χ1n) is 15.5. The number of nitrogens with two attached hydrogens (primary N) is 1. The van der Waals surface area contributed by atoms with Crippen molar-refractivity contribution in [1.82, 2.24) is 9.47 Å². The molecule has 1 aromatic heterocycles. The number of halogens is 1. The van der Waals surface area contributed by atoms with Crippen molar-refractivity contribution in [3.63, 3.8) is 0 Å². The van der Waals surface area contributed by atoms with Crippen LogP contribution in [0.25, 0.3) is 10.9 Å². The molecule has 2 amide bonds. The van der Waals surface area contributed by atoms with Crippen LogP contribution in [-0.4, -0.2) is 52.6 Å². The maximum absolute atomic E-state index is 14.0. The molecule has 3 heterocycles. The van der Waals surface area contributed by atoms with Crippen LogP contribution in [0.3, 0.4) is 0 Å². The molecule has 4 aliphatic rings. The monoisotopic (exact) mass is 566 g/mol. The quantitative estimate of drug-likeness (QED) is 0.459. The van der Waals surface area contributed by atoms with Gasteiger partial charge < -0.3 is 20.7 Å². The third kappa shape index (κ3) is 5.15. The van der Waals surface area contributed by atoms with Crippen LogP contribution in [0.2, 0.25) is 0 Å². The predicted molar refractivity (Wildman–Crippen MR) is 155 cm³/mol. The molecule has 0 radical (unpaired) electrons. The summed E-state index contributed by atoms with van der Waals surface area (Å²) in [6, 6.07) is 6.52. The molecule has 6 rings (SSSR count). The van der Waals surface area contributed by atoms with Crippen molar-refractivity contribution < 1.29 is 23.5 Å². The molecular weight excluding hydrogens is 523 g/mol. The molecular formula is C32H43FN4O4. The molecule has 2 aromatic rings. The smallest absolute Gasteiger partial charge is 0.357 e. The molecule has 3 fully saturated rings. The van der Waals surface area contributed by atoms with E-state index < -0.39 is 24.5 Å². The number of aromatic nitrogens is 1. The Hall–Kier alpha value is -2.94. The first-order valence-corrected chi connectivity index (χ1v) is 15.5. The van der Waals surface area contributed by atoms with Crippen LogP contribution in [0.15, 0.2) is 24.3 Å². The number of carbonyl (C=O) groups excluding carboxylic acids is 3. The minimum atomic E-state index is -0.771. The summed E-state index contributed by atoms with van der Waals surface area (Å²) in [7, 11) is 0. The summed E-state index contributed by atoms with van der Waals surface area (Å²) in [5.74, 6) is 0.152. The van der Waals surface area contributed by atoms with E-state index in [1.165, 1.54) is 19.3 Å². The highest BCUT2D eigenvalue weighted by molar-refractivity contribution is 6.02. The molecule has 41 heavy (non-hydrogen) atoms. The Kier molecular flexibility index (Phi) is 7.59. The number of rotatable bonds is 6. The minimum absolute atomic E-state index is 0.0655. The number of ether oxygens (including phenoxy) is 1. The van der Waals surface area contributed by atoms with E-state index in [2.05, 4.69) is 5.32 Å². The topological polar surface area (TPSA) is 107 Å². The number of benzene rings is 1. The van der Waals surface area contributed by atoms with E-state index in [1.807, 2.05) is 47.6 Å². The Balaban J connectivity index is 1.22. The van der Waals surface area contributed by atoms with E-state index in [4.69, 9.17) is 10.5 Å². The Bertz CT molecular complexity index is 1320. The van der Waals surface area contributed by atoms with Gasteiger partial charge in [0.25, 0.3) is 0 Å². The zero-order chi connectivity index (χ0) is 28.9. The number of carbonyl (C=O) groups is 3. The van der Waals surface area contributed by atoms with Gasteiger partial charge in [-0.2, -0.15) is 0 Å². The number of hydrogen-bond donors (Lipinski definition) is 2. The normalized spacial score (nSPS) is 28.9. The van der Waals surface area contributed by atoms with E-state index in [0.29, 0.717) is 36.7 Å². The van der Waals surface area contributed by atoms with Crippen LogP contribution >= 0.6 is 0 Å². The fourth-order valence-electron chi connectivity index (χ4n) is 8.17. The van der Waals surface area contributed by atoms with Crippen LogP contribution in [0.4, 0.5) is 10.1 Å². The summed E-state index contributed by atoms with van der Waals surface area (Å²) in [5.41, 5.74) is 7.21. The zero-order valence-corrected chi connectivity index (χ0v) is 24.2. The van der Waals surface area contributed by atoms with Crippen molar-refractivity contribution in [2.45, 2.75) is 95.9 Å². The zero-order valence-electron chi connectivity index (χ0n) is 24.2. The van der Waals surface area contributed by atoms with Crippen molar-refractivity contribution in [3.8, 4) is 0 Å². The van der Waals surface area contributed by atoms with Crippen molar-refractivity contribution >= 4 is 34.4 Å². The first-order chi connectivity index (χ1) is 19.7. The molecule has 0 spiro atoms. The lowest BCUT2D eigenvalue weighted by Crippen LogP contribution is -2.50. The van der Waals surface area contributed by atoms with Gasteiger partial charge >= 0.3 is 5.97 Å². The highest BCUT2D eigenvalue weighted by Gasteiger charge is 2.47. The second-order valence-corrected chi connectivity index (χ2v) is 13.2. The van der Waals surface area contributed by atoms with Gasteiger partial charge in [0.05, 0.1) is 5.52 Å². The first kappa shape index (κ1) is 28.2. The lowest BCUT2D eigenvalue weighted by molar-refractivity contribution is -0.142. The average Bonchev–Trinajstić information content (AvgIpc) is 3.65. The highest BCUT2D eigenvalue weighted by atomic mass is 19.1. The van der Waals surface area contributed by atoms with Crippen molar-refractivity contribution in [3.05, 3.63) is 30.0 Å². The van der Waals surface area contributed by atoms with Crippen molar-refractivity contribution in [1.29, 1.82) is 0 Å². The third-order valence-corrected chi connectivity index (χ3v) is 10.3. The predicted octanol–water partition coefficient (Wildman–Crippen LogP) is 5.34. The van der Waals surface area contributed by atoms with Crippen molar-refractivity contribution in [2.75, 3.05) is 18.5 Å². The second-order valence-electron chi connectivity index (χ2n) is 13.2. The van der Waals surface area contributed by atoms with E-state index in [-0.39, 0.29) is 35.5 Å². The molecule has 9 heteroatoms. The molecule has 2 aliphatic heterocycles. The summed E-state index contributed by atoms with van der Waals surface area (Å²) in [6.45, 7) is 3.79. The van der Waals surface area contributed by atoms with Gasteiger partial charge in [0, 0.05) is 29.6 Å². The van der Waals surface area contributed by atoms with Crippen LogP contribution in [0.1, 0.15) is 88.5 Å². The number of alkyl halides is 1. The highest BCUT2D eigenvalue weighted by Crippen LogP contribution is 2.42. The average molecular weight is 567 g/mol. The van der Waals surface area contributed by atoms with Crippen LogP contribution in [-0.2, 0) is 20.1 Å². The molecule has 1 aromatic carbocycles. The molecule has 1 unspecified atom stereocenters. The standard InChI is InChI=1S/C32H43FN4O4/c1-32(2)37-26-13-12-23(16-22(26)17-27(37)31(40)41-32)35-29(38)28-24(19-6-4-3-5-7-19)14-15-36(28)30(39)21-10-8-20(9-11-21)25(34)18-33/h12-13,16-17,19-21,24-25,28H,3-11,14-15,18,34H2,1-2H3,(H,35,38)/t20?,21?,24-,25?,28-/m0/s1.